The second-order valence-corrected chi connectivity index (χ2v) is 13.2. The van der Waals surface area contributed by atoms with Gasteiger partial charge in [-0.1, -0.05) is 35.2 Å². The monoisotopic (exact) mass is 673 g/mol. The highest BCUT2D eigenvalue weighted by molar-refractivity contribution is 8.00. The number of anilines is 2. The number of imide groups is 1. The second-order valence-electron chi connectivity index (χ2n) is 10.1. The number of nitrogens with zero attached hydrogens (tertiary/aromatic N) is 2. The van der Waals surface area contributed by atoms with Crippen LogP contribution in [0, 0.1) is 5.92 Å². The summed E-state index contributed by atoms with van der Waals surface area (Å²) >= 11 is 3.16. The van der Waals surface area contributed by atoms with Crippen molar-refractivity contribution >= 4 is 69.5 Å². The van der Waals surface area contributed by atoms with Gasteiger partial charge in [-0.2, -0.15) is 13.2 Å². The molecule has 2 aliphatic heterocycles. The number of esters is 1. The molecule has 232 valence electrons. The standard InChI is InChI=1S/C30H22F3N3O6S3/c1-2-42-28(40)15-8-10-17(11-9-15)34-20(37)14-35-27-24(45-29(35)41)21(19-7-4-12-43-19)22-23(44-27)26(39)36(25(22)38)18-6-3-5-16(13-18)30(31,32)33/h3-13,21-23H,2,14H2,1H3,(H,34,37). The molecule has 4 aromatic rings. The van der Waals surface area contributed by atoms with Gasteiger partial charge in [-0.15, -0.1) is 11.3 Å². The molecule has 0 bridgehead atoms. The van der Waals surface area contributed by atoms with Gasteiger partial charge in [-0.3, -0.25) is 23.7 Å². The maximum Gasteiger partial charge on any atom is 0.416 e. The summed E-state index contributed by atoms with van der Waals surface area (Å²) in [7, 11) is 0. The lowest BCUT2D eigenvalue weighted by Gasteiger charge is -2.29. The number of benzene rings is 2. The largest absolute Gasteiger partial charge is 0.462 e. The van der Waals surface area contributed by atoms with E-state index in [4.69, 9.17) is 4.74 Å². The van der Waals surface area contributed by atoms with Gasteiger partial charge in [-0.05, 0) is 60.8 Å². The van der Waals surface area contributed by atoms with Crippen molar-refractivity contribution in [3.8, 4) is 0 Å². The van der Waals surface area contributed by atoms with Gasteiger partial charge in [0.2, 0.25) is 17.7 Å². The van der Waals surface area contributed by atoms with Crippen LogP contribution in [0.4, 0.5) is 24.5 Å². The molecule has 3 amide bonds. The minimum atomic E-state index is -4.67. The Hall–Kier alpha value is -4.21. The van der Waals surface area contributed by atoms with E-state index in [9.17, 15) is 37.1 Å². The first kappa shape index (κ1) is 30.8. The third kappa shape index (κ3) is 5.71. The molecule has 9 nitrogen and oxygen atoms in total. The summed E-state index contributed by atoms with van der Waals surface area (Å²) in [6, 6.07) is 13.6. The predicted octanol–water partition coefficient (Wildman–Crippen LogP) is 5.60. The number of thioether (sulfide) groups is 1. The van der Waals surface area contributed by atoms with Crippen molar-refractivity contribution in [2.75, 3.05) is 16.8 Å². The number of hydrogen-bond donors (Lipinski definition) is 1. The first-order chi connectivity index (χ1) is 21.5. The zero-order chi connectivity index (χ0) is 32.0. The zero-order valence-electron chi connectivity index (χ0n) is 23.2. The number of halogens is 3. The summed E-state index contributed by atoms with van der Waals surface area (Å²) in [5.41, 5.74) is -0.498. The molecule has 3 atom stereocenters. The lowest BCUT2D eigenvalue weighted by Crippen LogP contribution is -2.32. The first-order valence-corrected chi connectivity index (χ1v) is 16.1. The molecule has 15 heteroatoms. The molecule has 3 unspecified atom stereocenters. The molecule has 1 saturated heterocycles. The van der Waals surface area contributed by atoms with Crippen LogP contribution >= 0.6 is 34.4 Å². The Morgan fingerprint density at radius 1 is 1.00 bits per heavy atom. The molecule has 2 aromatic heterocycles. The van der Waals surface area contributed by atoms with Gasteiger partial charge in [0.05, 0.1) is 34.4 Å². The second kappa shape index (κ2) is 11.9. The molecule has 0 radical (unpaired) electrons. The van der Waals surface area contributed by atoms with E-state index < -0.39 is 63.9 Å². The number of fused-ring (bicyclic) bond motifs is 2. The number of rotatable bonds is 7. The van der Waals surface area contributed by atoms with Crippen LogP contribution in [0.15, 0.2) is 75.9 Å². The van der Waals surface area contributed by atoms with E-state index in [0.717, 1.165) is 46.2 Å². The van der Waals surface area contributed by atoms with Crippen molar-refractivity contribution in [3.05, 3.63) is 96.6 Å². The van der Waals surface area contributed by atoms with Gasteiger partial charge in [0.1, 0.15) is 11.8 Å². The normalized spacial score (nSPS) is 19.3. The van der Waals surface area contributed by atoms with Gasteiger partial charge in [0.15, 0.2) is 0 Å². The maximum absolute atomic E-state index is 13.8. The van der Waals surface area contributed by atoms with Crippen molar-refractivity contribution in [2.45, 2.75) is 35.8 Å². The topological polar surface area (TPSA) is 115 Å². The Kier molecular flexibility index (Phi) is 8.18. The highest BCUT2D eigenvalue weighted by Crippen LogP contribution is 2.54. The van der Waals surface area contributed by atoms with Crippen LogP contribution in [-0.4, -0.2) is 40.1 Å². The van der Waals surface area contributed by atoms with Crippen molar-refractivity contribution in [2.24, 2.45) is 5.92 Å². The van der Waals surface area contributed by atoms with Crippen LogP contribution in [0.25, 0.3) is 0 Å². The summed E-state index contributed by atoms with van der Waals surface area (Å²) < 4.78 is 46.6. The number of nitrogens with one attached hydrogen (secondary N) is 1. The lowest BCUT2D eigenvalue weighted by molar-refractivity contribution is -0.137. The van der Waals surface area contributed by atoms with Gasteiger partial charge in [0, 0.05) is 21.4 Å². The number of amides is 3. The Bertz CT molecular complexity index is 1870. The van der Waals surface area contributed by atoms with Gasteiger partial charge >= 0.3 is 17.0 Å². The Labute approximate surface area is 265 Å². The van der Waals surface area contributed by atoms with Crippen molar-refractivity contribution < 1.29 is 37.1 Å². The van der Waals surface area contributed by atoms with Crippen LogP contribution in [0.5, 0.6) is 0 Å². The molecular weight excluding hydrogens is 652 g/mol. The SMILES string of the molecule is CCOC(=O)c1ccc(NC(=O)Cn2c3c(sc2=O)C(c2cccs2)C2C(=O)N(c4cccc(C(F)(F)F)c4)C(=O)C2S3)cc1. The minimum Gasteiger partial charge on any atom is -0.462 e. The fourth-order valence-corrected chi connectivity index (χ4v) is 9.08. The van der Waals surface area contributed by atoms with E-state index in [1.807, 2.05) is 0 Å². The molecule has 45 heavy (non-hydrogen) atoms. The molecule has 1 fully saturated rings. The quantitative estimate of drug-likeness (QED) is 0.201. The van der Waals surface area contributed by atoms with Gasteiger partial charge < -0.3 is 10.1 Å². The van der Waals surface area contributed by atoms with Gasteiger partial charge in [-0.25, -0.2) is 9.69 Å². The first-order valence-electron chi connectivity index (χ1n) is 13.5. The fourth-order valence-electron chi connectivity index (χ4n) is 5.35. The number of carbonyl (C=O) groups excluding carboxylic acids is 4. The highest BCUT2D eigenvalue weighted by Gasteiger charge is 2.57. The Balaban J connectivity index is 1.31. The van der Waals surface area contributed by atoms with Gasteiger partial charge in [0.25, 0.3) is 0 Å². The number of thiophene rings is 1. The molecule has 4 heterocycles. The number of alkyl halides is 3. The average Bonchev–Trinajstić information content (AvgIpc) is 3.70. The number of aromatic nitrogens is 1. The predicted molar refractivity (Wildman–Crippen MR) is 163 cm³/mol. The van der Waals surface area contributed by atoms with Crippen molar-refractivity contribution in [1.29, 1.82) is 0 Å². The van der Waals surface area contributed by atoms with E-state index in [1.165, 1.54) is 46.2 Å². The van der Waals surface area contributed by atoms with E-state index in [0.29, 0.717) is 26.0 Å². The smallest absolute Gasteiger partial charge is 0.416 e. The molecule has 6 rings (SSSR count). The van der Waals surface area contributed by atoms with Crippen LogP contribution in [-0.2, 0) is 31.8 Å². The van der Waals surface area contributed by atoms with E-state index in [1.54, 1.807) is 24.4 Å². The zero-order valence-corrected chi connectivity index (χ0v) is 25.6. The van der Waals surface area contributed by atoms with Crippen LogP contribution < -0.4 is 15.1 Å². The van der Waals surface area contributed by atoms with Crippen molar-refractivity contribution in [3.63, 3.8) is 0 Å². The number of ether oxygens (including phenoxy) is 1. The van der Waals surface area contributed by atoms with Crippen LogP contribution in [0.2, 0.25) is 0 Å². The molecular formula is C30H22F3N3O6S3. The summed E-state index contributed by atoms with van der Waals surface area (Å²) in [5, 5.41) is 3.79. The minimum absolute atomic E-state index is 0.186. The Morgan fingerprint density at radius 3 is 2.42 bits per heavy atom. The third-order valence-electron chi connectivity index (χ3n) is 7.31. The van der Waals surface area contributed by atoms with E-state index >= 15 is 0 Å². The number of thiazole rings is 1. The summed E-state index contributed by atoms with van der Waals surface area (Å²) in [4.78, 5) is 67.3. The van der Waals surface area contributed by atoms with Crippen LogP contribution in [0.1, 0.15) is 38.5 Å². The fraction of sp³-hybridized carbons (Fsp3) is 0.233. The highest BCUT2D eigenvalue weighted by atomic mass is 32.2. The summed E-state index contributed by atoms with van der Waals surface area (Å²) in [5.74, 6) is -4.09. The molecule has 0 spiro atoms. The molecule has 1 N–H and O–H groups in total. The van der Waals surface area contributed by atoms with Crippen LogP contribution in [0.3, 0.4) is 0 Å². The molecule has 2 aromatic carbocycles. The number of hydrogen-bond acceptors (Lipinski definition) is 9. The van der Waals surface area contributed by atoms with E-state index in [2.05, 4.69) is 5.32 Å². The van der Waals surface area contributed by atoms with E-state index in [-0.39, 0.29) is 12.3 Å². The number of carbonyl (C=O) groups is 4. The van der Waals surface area contributed by atoms with Crippen molar-refractivity contribution in [1.82, 2.24) is 4.57 Å². The average molecular weight is 674 g/mol. The summed E-state index contributed by atoms with van der Waals surface area (Å²) in [6.45, 7) is 1.50. The molecule has 0 aliphatic carbocycles. The lowest BCUT2D eigenvalue weighted by atomic mass is 9.87. The third-order valence-corrected chi connectivity index (χ3v) is 10.9. The summed E-state index contributed by atoms with van der Waals surface area (Å²) in [6.07, 6.45) is -4.67. The molecule has 0 saturated carbocycles. The molecule has 2 aliphatic rings. The Morgan fingerprint density at radius 2 is 1.76 bits per heavy atom. The maximum atomic E-state index is 13.8.